The third-order valence-electron chi connectivity index (χ3n) is 6.08. The Kier molecular flexibility index (Phi) is 6.81. The van der Waals surface area contributed by atoms with E-state index < -0.39 is 0 Å². The van der Waals surface area contributed by atoms with Gasteiger partial charge in [-0.1, -0.05) is 6.07 Å². The first-order chi connectivity index (χ1) is 17.5. The molecule has 0 spiro atoms. The third kappa shape index (κ3) is 5.47. The zero-order valence-corrected chi connectivity index (χ0v) is 19.9. The maximum absolute atomic E-state index is 13.0. The number of carbonyl (C=O) groups is 1. The zero-order valence-electron chi connectivity index (χ0n) is 19.9. The standard InChI is InChI=1S/C27H27N7O2/c1-18-6-7-21(15-24(18)33-27-30-12-9-23(32-27)20-4-2-10-28-16-20)31-26(36)19-8-11-29-25(14-19)34-13-3-5-22(35)17-34/h2,4,6-12,14-16,22,35H,3,5,13,17H2,1H3,(H,31,36)(H,30,32,33). The molecule has 9 heteroatoms. The maximum Gasteiger partial charge on any atom is 0.255 e. The number of carbonyl (C=O) groups excluding carboxylic acids is 1. The van der Waals surface area contributed by atoms with Gasteiger partial charge in [-0.05, 0) is 67.8 Å². The Bertz CT molecular complexity index is 1360. The first-order valence-corrected chi connectivity index (χ1v) is 11.9. The number of aliphatic hydroxyl groups excluding tert-OH is 1. The molecule has 1 aromatic carbocycles. The average Bonchev–Trinajstić information content (AvgIpc) is 2.91. The molecule has 4 heterocycles. The number of aryl methyl sites for hydroxylation is 1. The molecule has 0 saturated carbocycles. The minimum Gasteiger partial charge on any atom is -0.391 e. The maximum atomic E-state index is 13.0. The summed E-state index contributed by atoms with van der Waals surface area (Å²) >= 11 is 0. The fraction of sp³-hybridized carbons (Fsp3) is 0.222. The molecular weight excluding hydrogens is 454 g/mol. The van der Waals surface area contributed by atoms with Crippen LogP contribution in [0.4, 0.5) is 23.1 Å². The summed E-state index contributed by atoms with van der Waals surface area (Å²) < 4.78 is 0. The van der Waals surface area contributed by atoms with Gasteiger partial charge in [0, 0.05) is 60.4 Å². The number of β-amino-alcohol motifs (C(OH)–C–C–N with tert-alkyl or cyclic N) is 1. The summed E-state index contributed by atoms with van der Waals surface area (Å²) in [6.07, 6.45) is 8.11. The Balaban J connectivity index is 1.31. The summed E-state index contributed by atoms with van der Waals surface area (Å²) in [4.78, 5) is 32.5. The van der Waals surface area contributed by atoms with Gasteiger partial charge in [-0.2, -0.15) is 0 Å². The largest absolute Gasteiger partial charge is 0.391 e. The van der Waals surface area contributed by atoms with Gasteiger partial charge in [-0.25, -0.2) is 15.0 Å². The normalized spacial score (nSPS) is 15.4. The van der Waals surface area contributed by atoms with Crippen LogP contribution in [0.5, 0.6) is 0 Å². The van der Waals surface area contributed by atoms with Crippen molar-refractivity contribution in [1.29, 1.82) is 0 Å². The van der Waals surface area contributed by atoms with Crippen LogP contribution < -0.4 is 15.5 Å². The summed E-state index contributed by atoms with van der Waals surface area (Å²) in [7, 11) is 0. The summed E-state index contributed by atoms with van der Waals surface area (Å²) in [5.41, 5.74) is 4.58. The molecule has 1 fully saturated rings. The minimum atomic E-state index is -0.370. The number of aliphatic hydroxyl groups is 1. The molecule has 1 aliphatic heterocycles. The van der Waals surface area contributed by atoms with Crippen LogP contribution in [0.25, 0.3) is 11.3 Å². The Morgan fingerprint density at radius 3 is 2.81 bits per heavy atom. The van der Waals surface area contributed by atoms with Gasteiger partial charge in [0.05, 0.1) is 11.8 Å². The topological polar surface area (TPSA) is 116 Å². The van der Waals surface area contributed by atoms with E-state index in [0.717, 1.165) is 41.9 Å². The number of nitrogens with zero attached hydrogens (tertiary/aromatic N) is 5. The van der Waals surface area contributed by atoms with E-state index in [1.807, 2.05) is 48.2 Å². The predicted octanol–water partition coefficient (Wildman–Crippen LogP) is 4.20. The summed E-state index contributed by atoms with van der Waals surface area (Å²) in [5, 5.41) is 16.2. The molecule has 9 nitrogen and oxygen atoms in total. The van der Waals surface area contributed by atoms with Gasteiger partial charge in [-0.15, -0.1) is 0 Å². The predicted molar refractivity (Wildman–Crippen MR) is 139 cm³/mol. The first-order valence-electron chi connectivity index (χ1n) is 11.9. The number of rotatable bonds is 6. The molecule has 5 rings (SSSR count). The third-order valence-corrected chi connectivity index (χ3v) is 6.08. The van der Waals surface area contributed by atoms with E-state index in [-0.39, 0.29) is 12.0 Å². The minimum absolute atomic E-state index is 0.235. The van der Waals surface area contributed by atoms with Gasteiger partial charge in [0.1, 0.15) is 5.82 Å². The second-order valence-electron chi connectivity index (χ2n) is 8.76. The molecule has 3 N–H and O–H groups in total. The van der Waals surface area contributed by atoms with E-state index in [1.165, 1.54) is 0 Å². The van der Waals surface area contributed by atoms with Crippen LogP contribution in [0.15, 0.2) is 73.3 Å². The van der Waals surface area contributed by atoms with Crippen molar-refractivity contribution in [1.82, 2.24) is 19.9 Å². The number of amides is 1. The lowest BCUT2D eigenvalue weighted by molar-refractivity contribution is 0.102. The number of pyridine rings is 2. The van der Waals surface area contributed by atoms with Crippen molar-refractivity contribution in [3.05, 3.63) is 84.4 Å². The van der Waals surface area contributed by atoms with Crippen LogP contribution in [0.2, 0.25) is 0 Å². The molecule has 1 saturated heterocycles. The van der Waals surface area contributed by atoms with Crippen LogP contribution in [0.1, 0.15) is 28.8 Å². The van der Waals surface area contributed by atoms with E-state index in [4.69, 9.17) is 0 Å². The van der Waals surface area contributed by atoms with Crippen molar-refractivity contribution in [3.8, 4) is 11.3 Å². The van der Waals surface area contributed by atoms with Gasteiger partial charge in [0.15, 0.2) is 0 Å². The number of hydrogen-bond acceptors (Lipinski definition) is 8. The SMILES string of the molecule is Cc1ccc(NC(=O)c2ccnc(N3CCCC(O)C3)c2)cc1Nc1nccc(-c2cccnc2)n1. The first kappa shape index (κ1) is 23.4. The molecule has 0 aliphatic carbocycles. The molecule has 182 valence electrons. The number of piperidine rings is 1. The van der Waals surface area contributed by atoms with Crippen molar-refractivity contribution >= 4 is 29.0 Å². The van der Waals surface area contributed by atoms with Crippen molar-refractivity contribution in [2.45, 2.75) is 25.9 Å². The fourth-order valence-corrected chi connectivity index (χ4v) is 4.15. The molecule has 0 radical (unpaired) electrons. The van der Waals surface area contributed by atoms with Crippen LogP contribution in [-0.2, 0) is 0 Å². The highest BCUT2D eigenvalue weighted by molar-refractivity contribution is 6.05. The van der Waals surface area contributed by atoms with Crippen LogP contribution in [0.3, 0.4) is 0 Å². The smallest absolute Gasteiger partial charge is 0.255 e. The Labute approximate surface area is 209 Å². The van der Waals surface area contributed by atoms with Crippen molar-refractivity contribution in [3.63, 3.8) is 0 Å². The lowest BCUT2D eigenvalue weighted by Gasteiger charge is -2.31. The summed E-state index contributed by atoms with van der Waals surface area (Å²) in [6, 6.07) is 14.7. The lowest BCUT2D eigenvalue weighted by Crippen LogP contribution is -2.38. The van der Waals surface area contributed by atoms with E-state index in [1.54, 1.807) is 36.9 Å². The highest BCUT2D eigenvalue weighted by Crippen LogP contribution is 2.25. The average molecular weight is 482 g/mol. The van der Waals surface area contributed by atoms with Gasteiger partial charge in [0.2, 0.25) is 5.95 Å². The second-order valence-corrected chi connectivity index (χ2v) is 8.76. The number of benzene rings is 1. The second kappa shape index (κ2) is 10.5. The molecule has 0 bridgehead atoms. The van der Waals surface area contributed by atoms with E-state index >= 15 is 0 Å². The number of hydrogen-bond donors (Lipinski definition) is 3. The Morgan fingerprint density at radius 1 is 1.08 bits per heavy atom. The van der Waals surface area contributed by atoms with Gasteiger partial charge in [0.25, 0.3) is 5.91 Å². The quantitative estimate of drug-likeness (QED) is 0.375. The van der Waals surface area contributed by atoms with E-state index in [9.17, 15) is 9.90 Å². The number of nitrogens with one attached hydrogen (secondary N) is 2. The molecule has 1 atom stereocenters. The van der Waals surface area contributed by atoms with Crippen molar-refractivity contribution in [2.24, 2.45) is 0 Å². The van der Waals surface area contributed by atoms with E-state index in [2.05, 4.69) is 30.6 Å². The summed E-state index contributed by atoms with van der Waals surface area (Å²) in [6.45, 7) is 3.31. The number of aromatic nitrogens is 4. The fourth-order valence-electron chi connectivity index (χ4n) is 4.15. The van der Waals surface area contributed by atoms with Crippen LogP contribution in [-0.4, -0.2) is 50.1 Å². The highest BCUT2D eigenvalue weighted by atomic mass is 16.3. The number of anilines is 4. The molecule has 1 amide bonds. The molecule has 1 aliphatic rings. The van der Waals surface area contributed by atoms with Crippen molar-refractivity contribution in [2.75, 3.05) is 28.6 Å². The molecule has 3 aromatic heterocycles. The Morgan fingerprint density at radius 2 is 1.97 bits per heavy atom. The Hall–Kier alpha value is -4.37. The van der Waals surface area contributed by atoms with E-state index in [0.29, 0.717) is 29.6 Å². The molecular formula is C27H27N7O2. The highest BCUT2D eigenvalue weighted by Gasteiger charge is 2.20. The van der Waals surface area contributed by atoms with Gasteiger partial charge >= 0.3 is 0 Å². The summed E-state index contributed by atoms with van der Waals surface area (Å²) in [5.74, 6) is 0.907. The van der Waals surface area contributed by atoms with Crippen LogP contribution in [0, 0.1) is 6.92 Å². The van der Waals surface area contributed by atoms with Gasteiger partial charge < -0.3 is 20.6 Å². The lowest BCUT2D eigenvalue weighted by atomic mass is 10.1. The molecule has 1 unspecified atom stereocenters. The molecule has 36 heavy (non-hydrogen) atoms. The van der Waals surface area contributed by atoms with Crippen LogP contribution >= 0.6 is 0 Å². The monoisotopic (exact) mass is 481 g/mol. The van der Waals surface area contributed by atoms with Crippen molar-refractivity contribution < 1.29 is 9.90 Å². The zero-order chi connectivity index (χ0) is 24.9. The molecule has 4 aromatic rings. The van der Waals surface area contributed by atoms with Gasteiger partial charge in [-0.3, -0.25) is 9.78 Å².